The SMILES string of the molecule is O=C([O-])CC(O)(CC(=O)[O-])C(=O)[O-].[H+].[K+].[Na+]. The number of hydrogen-bond donors (Lipinski definition) is 1. The maximum absolute atomic E-state index is 10.1. The van der Waals surface area contributed by atoms with Crippen LogP contribution in [-0.4, -0.2) is 28.6 Å². The van der Waals surface area contributed by atoms with Crippen molar-refractivity contribution in [2.45, 2.75) is 18.4 Å². The van der Waals surface area contributed by atoms with Crippen LogP contribution in [-0.2, 0) is 14.4 Å². The molecule has 0 aliphatic carbocycles. The first kappa shape index (κ1) is 21.3. The van der Waals surface area contributed by atoms with E-state index in [4.69, 9.17) is 5.11 Å². The van der Waals surface area contributed by atoms with Gasteiger partial charge in [0, 0.05) is 24.8 Å². The molecule has 1 N–H and O–H groups in total. The van der Waals surface area contributed by atoms with E-state index in [2.05, 4.69) is 0 Å². The zero-order chi connectivity index (χ0) is 10.6. The second-order valence-corrected chi connectivity index (χ2v) is 2.42. The van der Waals surface area contributed by atoms with Crippen LogP contribution in [0.15, 0.2) is 0 Å². The number of rotatable bonds is 5. The third-order valence-electron chi connectivity index (χ3n) is 1.25. The summed E-state index contributed by atoms with van der Waals surface area (Å²) in [6.07, 6.45) is -2.72. The Labute approximate surface area is 151 Å². The van der Waals surface area contributed by atoms with Gasteiger partial charge in [-0.15, -0.1) is 0 Å². The molecule has 0 rings (SSSR count). The van der Waals surface area contributed by atoms with E-state index in [0.717, 1.165) is 0 Å². The van der Waals surface area contributed by atoms with Crippen LogP contribution in [0.2, 0.25) is 0 Å². The van der Waals surface area contributed by atoms with Crippen molar-refractivity contribution in [2.24, 2.45) is 0 Å². The summed E-state index contributed by atoms with van der Waals surface area (Å²) in [4.78, 5) is 30.0. The topological polar surface area (TPSA) is 141 Å². The zero-order valence-corrected chi connectivity index (χ0v) is 13.4. The first-order chi connectivity index (χ1) is 5.78. The average Bonchev–Trinajstić information content (AvgIpc) is 1.82. The van der Waals surface area contributed by atoms with E-state index in [1.54, 1.807) is 0 Å². The normalized spacial score (nSPS) is 9.40. The van der Waals surface area contributed by atoms with Gasteiger partial charge >= 0.3 is 82.4 Å². The van der Waals surface area contributed by atoms with Crippen molar-refractivity contribution in [3.05, 3.63) is 0 Å². The average molecular weight is 252 g/mol. The molecular formula is C6H6KNaO7. The number of hydrogen-bond acceptors (Lipinski definition) is 7. The minimum atomic E-state index is -2.97. The van der Waals surface area contributed by atoms with Gasteiger partial charge in [0.25, 0.3) is 0 Å². The van der Waals surface area contributed by atoms with Crippen LogP contribution in [0, 0.1) is 0 Å². The molecule has 0 spiro atoms. The van der Waals surface area contributed by atoms with Gasteiger partial charge < -0.3 is 34.8 Å². The van der Waals surface area contributed by atoms with Gasteiger partial charge in [0.05, 0.1) is 5.97 Å². The maximum Gasteiger partial charge on any atom is 1.00 e. The van der Waals surface area contributed by atoms with Crippen molar-refractivity contribution in [1.82, 2.24) is 0 Å². The van der Waals surface area contributed by atoms with Gasteiger partial charge in [-0.2, -0.15) is 0 Å². The number of aliphatic hydroxyl groups is 1. The molecule has 0 bridgehead atoms. The molecule has 74 valence electrons. The molecule has 0 saturated carbocycles. The Hall–Kier alpha value is 1.01. The molecule has 15 heavy (non-hydrogen) atoms. The number of aliphatic carboxylic acids is 3. The molecule has 0 aliphatic rings. The van der Waals surface area contributed by atoms with E-state index < -0.39 is 36.4 Å². The fourth-order valence-electron chi connectivity index (χ4n) is 0.684. The summed E-state index contributed by atoms with van der Waals surface area (Å²) in [6.45, 7) is 0. The number of carboxylic acids is 3. The largest absolute Gasteiger partial charge is 1.00 e. The fourth-order valence-corrected chi connectivity index (χ4v) is 0.684. The summed E-state index contributed by atoms with van der Waals surface area (Å²) in [5, 5.41) is 38.9. The predicted molar refractivity (Wildman–Crippen MR) is 30.3 cm³/mol. The van der Waals surface area contributed by atoms with E-state index in [9.17, 15) is 29.7 Å². The van der Waals surface area contributed by atoms with Crippen LogP contribution in [0.5, 0.6) is 0 Å². The zero-order valence-electron chi connectivity index (χ0n) is 9.31. The quantitative estimate of drug-likeness (QED) is 0.479. The van der Waals surface area contributed by atoms with Crippen molar-refractivity contribution in [3.8, 4) is 0 Å². The molecule has 0 saturated heterocycles. The van der Waals surface area contributed by atoms with Crippen molar-refractivity contribution in [3.63, 3.8) is 0 Å². The van der Waals surface area contributed by atoms with Gasteiger partial charge in [0.2, 0.25) is 0 Å². The molecule has 0 aromatic heterocycles. The summed E-state index contributed by atoms with van der Waals surface area (Å²) in [6, 6.07) is 0. The van der Waals surface area contributed by atoms with Gasteiger partial charge in [-0.25, -0.2) is 0 Å². The van der Waals surface area contributed by atoms with Crippen molar-refractivity contribution < 1.29 is 117 Å². The van der Waals surface area contributed by atoms with Crippen LogP contribution in [0.4, 0.5) is 0 Å². The molecule has 0 aromatic rings. The summed E-state index contributed by atoms with van der Waals surface area (Å²) in [5.74, 6) is -5.98. The molecule has 0 radical (unpaired) electrons. The van der Waals surface area contributed by atoms with Crippen LogP contribution in [0.25, 0.3) is 0 Å². The standard InChI is InChI=1S/C6H8O7.K.Na/c7-3(8)1-6(13,5(11)12)2-4(9)10;;/h13H,1-2H2,(H,7,8)(H,9,10)(H,11,12);;/q;2*+1/p-2. The Balaban J connectivity index is -0.000000240. The molecule has 9 heteroatoms. The second-order valence-electron chi connectivity index (χ2n) is 2.42. The summed E-state index contributed by atoms with van der Waals surface area (Å²) in [7, 11) is 0. The minimum Gasteiger partial charge on any atom is -0.550 e. The van der Waals surface area contributed by atoms with Gasteiger partial charge in [-0.3, -0.25) is 0 Å². The number of carboxylic acid groups (broad SMARTS) is 3. The van der Waals surface area contributed by atoms with Crippen molar-refractivity contribution in [1.29, 1.82) is 0 Å². The molecule has 0 amide bonds. The first-order valence-corrected chi connectivity index (χ1v) is 3.11. The molecule has 0 aliphatic heterocycles. The molecule has 0 atom stereocenters. The van der Waals surface area contributed by atoms with Crippen molar-refractivity contribution >= 4 is 17.9 Å². The Morgan fingerprint density at radius 1 is 1.07 bits per heavy atom. The summed E-state index contributed by atoms with van der Waals surface area (Å²) >= 11 is 0. The van der Waals surface area contributed by atoms with E-state index in [1.807, 2.05) is 0 Å². The summed E-state index contributed by atoms with van der Waals surface area (Å²) in [5.41, 5.74) is -2.97. The van der Waals surface area contributed by atoms with E-state index >= 15 is 0 Å². The van der Waals surface area contributed by atoms with Crippen LogP contribution >= 0.6 is 0 Å². The van der Waals surface area contributed by atoms with E-state index in [1.165, 1.54) is 0 Å². The predicted octanol–water partition coefficient (Wildman–Crippen LogP) is -11.1. The maximum atomic E-state index is 10.1. The molecule has 0 aromatic carbocycles. The summed E-state index contributed by atoms with van der Waals surface area (Å²) < 4.78 is 0. The fraction of sp³-hybridized carbons (Fsp3) is 0.500. The molecular weight excluding hydrogens is 246 g/mol. The van der Waals surface area contributed by atoms with Crippen LogP contribution in [0.1, 0.15) is 14.3 Å². The van der Waals surface area contributed by atoms with Gasteiger partial charge in [-0.1, -0.05) is 0 Å². The third kappa shape index (κ3) is 8.78. The molecule has 0 heterocycles. The Morgan fingerprint density at radius 2 is 1.33 bits per heavy atom. The van der Waals surface area contributed by atoms with Gasteiger partial charge in [0.1, 0.15) is 5.60 Å². The monoisotopic (exact) mass is 252 g/mol. The molecule has 7 nitrogen and oxygen atoms in total. The first-order valence-electron chi connectivity index (χ1n) is 3.11. The Kier molecular flexibility index (Phi) is 12.9. The van der Waals surface area contributed by atoms with Gasteiger partial charge in [0.15, 0.2) is 0 Å². The number of carbonyl (C=O) groups is 3. The van der Waals surface area contributed by atoms with Gasteiger partial charge in [-0.05, 0) is 0 Å². The van der Waals surface area contributed by atoms with Crippen molar-refractivity contribution in [2.75, 3.05) is 0 Å². The number of carbonyl (C=O) groups excluding carboxylic acids is 3. The third-order valence-corrected chi connectivity index (χ3v) is 1.25. The molecule has 0 unspecified atom stereocenters. The molecule has 0 fully saturated rings. The van der Waals surface area contributed by atoms with E-state index in [0.29, 0.717) is 0 Å². The minimum absolute atomic E-state index is 0. The van der Waals surface area contributed by atoms with E-state index in [-0.39, 0.29) is 82.4 Å². The smallest absolute Gasteiger partial charge is 0.550 e. The van der Waals surface area contributed by atoms with Crippen LogP contribution < -0.4 is 96.3 Å². The Morgan fingerprint density at radius 3 is 1.47 bits per heavy atom. The van der Waals surface area contributed by atoms with Crippen LogP contribution in [0.3, 0.4) is 0 Å². The second kappa shape index (κ2) is 9.08. The Bertz CT molecular complexity index is 243.